The van der Waals surface area contributed by atoms with Crippen molar-refractivity contribution in [2.75, 3.05) is 43.5 Å². The van der Waals surface area contributed by atoms with Crippen LogP contribution in [0.5, 0.6) is 0 Å². The minimum absolute atomic E-state index is 0.133. The number of amides is 1. The van der Waals surface area contributed by atoms with Crippen molar-refractivity contribution in [2.24, 2.45) is 0 Å². The highest BCUT2D eigenvalue weighted by Gasteiger charge is 2.47. The molecule has 5 heterocycles. The number of nitrogen functional groups attached to an aromatic ring is 1. The molecular formula is C42H58N8O20P3S+. The van der Waals surface area contributed by atoms with Crippen molar-refractivity contribution in [2.45, 2.75) is 101 Å². The summed E-state index contributed by atoms with van der Waals surface area (Å²) in [5.74, 6) is -0.500. The van der Waals surface area contributed by atoms with Gasteiger partial charge in [-0.25, -0.2) is 23.5 Å². The molecule has 0 aliphatic carbocycles. The predicted octanol–water partition coefficient (Wildman–Crippen LogP) is 3.28. The average molecular weight is 1120 g/mol. The number of aliphatic hydroxyl groups is 2. The number of phosphoric acid groups is 3. The molecule has 0 spiro atoms. The van der Waals surface area contributed by atoms with Crippen molar-refractivity contribution in [1.29, 1.82) is 0 Å². The maximum absolute atomic E-state index is 12.9. The first-order valence-electron chi connectivity index (χ1n) is 23.1. The molecule has 1 saturated heterocycles. The highest BCUT2D eigenvalue weighted by atomic mass is 32.2. The van der Waals surface area contributed by atoms with Crippen LogP contribution in [0.3, 0.4) is 0 Å². The minimum atomic E-state index is -5.83. The minimum Gasteiger partial charge on any atom is -0.422 e. The zero-order valence-corrected chi connectivity index (χ0v) is 43.4. The first-order chi connectivity index (χ1) is 34.9. The van der Waals surface area contributed by atoms with Gasteiger partial charge < -0.3 is 50.0 Å². The maximum Gasteiger partial charge on any atom is 0.490 e. The number of phosphoric ester groups is 2. The lowest BCUT2D eigenvalue weighted by atomic mass is 10.1. The zero-order chi connectivity index (χ0) is 54.0. The molecule has 28 nitrogen and oxygen atoms in total. The molecule has 32 heteroatoms. The molecule has 7 atom stereocenters. The molecule has 4 aromatic heterocycles. The molecule has 0 radical (unpaired) electrons. The van der Waals surface area contributed by atoms with Gasteiger partial charge in [0.05, 0.1) is 25.1 Å². The molecule has 0 bridgehead atoms. The Bertz CT molecular complexity index is 3200. The fourth-order valence-corrected chi connectivity index (χ4v) is 11.8. The SMILES string of the molecule is CCN(CC)c1ccc2cc(/C=C/c3ccc(S(=O)(=O)O)c[n+]3CCCCCC(=O)NCCCCCCOP(=O)(O)OP(=O)(O)OP(=O)(O)OC[C@H]3O[C@@H](n4cnc5c(=O)[nH]c(N)nc54)[C@H](O)[C@@H]3O)c(=O)oc2c1. The second kappa shape index (κ2) is 25.2. The largest absolute Gasteiger partial charge is 0.490 e. The average Bonchev–Trinajstić information content (AvgIpc) is 3.86. The van der Waals surface area contributed by atoms with E-state index in [0.717, 1.165) is 35.1 Å². The number of aryl methyl sites for hydroxylation is 1. The lowest BCUT2D eigenvalue weighted by Crippen LogP contribution is -2.37. The zero-order valence-electron chi connectivity index (χ0n) is 39.9. The maximum atomic E-state index is 12.9. The quantitative estimate of drug-likeness (QED) is 0.0114. The van der Waals surface area contributed by atoms with Gasteiger partial charge >= 0.3 is 29.1 Å². The fourth-order valence-electron chi connectivity index (χ4n) is 7.76. The van der Waals surface area contributed by atoms with Crippen molar-refractivity contribution in [3.63, 3.8) is 0 Å². The van der Waals surface area contributed by atoms with Crippen molar-refractivity contribution >= 4 is 85.4 Å². The number of rotatable bonds is 28. The molecule has 0 saturated carbocycles. The molecule has 1 aliphatic heterocycles. The van der Waals surface area contributed by atoms with Crippen LogP contribution in [0.2, 0.25) is 0 Å². The van der Waals surface area contributed by atoms with Gasteiger partial charge in [-0.1, -0.05) is 12.8 Å². The Hall–Kier alpha value is -5.06. The standard InChI is InChI=1S/C42H57N8O20P3S/c1-3-48(4-2)30-16-13-27-22-28(41(55)68-32(27)23-30)14-15-29-17-18-31(74(62,63)64)24-49(29)20-10-7-8-12-34(51)44-19-9-5-6-11-21-65-71(56,57)69-73(60,61)70-72(58,59)66-25-33-36(52)37(53)40(67-33)50-26-45-35-38(50)46-42(43)47-39(35)54/h13-18,22-24,26,33,36-37,40,52-53H,3-12,19-21,25H2,1-2H3,(H7-,43,44,46,47,51,54,56,57,58,59,60,61,62,63,64)/p+1/t33-,36-,37-,40-/m1/s1. The molecule has 74 heavy (non-hydrogen) atoms. The highest BCUT2D eigenvalue weighted by Crippen LogP contribution is 2.67. The number of nitrogens with one attached hydrogen (secondary N) is 2. The molecule has 406 valence electrons. The van der Waals surface area contributed by atoms with Gasteiger partial charge in [0.25, 0.3) is 15.7 Å². The summed E-state index contributed by atoms with van der Waals surface area (Å²) >= 11 is 0. The Morgan fingerprint density at radius 3 is 2.35 bits per heavy atom. The fraction of sp³-hybridized carbons (Fsp3) is 0.476. The summed E-state index contributed by atoms with van der Waals surface area (Å²) in [6.07, 6.45) is 2.49. The van der Waals surface area contributed by atoms with E-state index in [4.69, 9.17) is 14.9 Å². The van der Waals surface area contributed by atoms with Gasteiger partial charge in [0.1, 0.15) is 30.4 Å². The first-order valence-corrected chi connectivity index (χ1v) is 29.0. The van der Waals surface area contributed by atoms with Crippen LogP contribution in [0.4, 0.5) is 11.6 Å². The summed E-state index contributed by atoms with van der Waals surface area (Å²) in [6, 6.07) is 10.1. The van der Waals surface area contributed by atoms with E-state index in [1.54, 1.807) is 22.8 Å². The number of aromatic amines is 1. The number of carbonyl (C=O) groups is 1. The van der Waals surface area contributed by atoms with Crippen LogP contribution >= 0.6 is 23.5 Å². The van der Waals surface area contributed by atoms with Gasteiger partial charge in [-0.2, -0.15) is 26.6 Å². The summed E-state index contributed by atoms with van der Waals surface area (Å²) in [6.45, 7) is 4.80. The van der Waals surface area contributed by atoms with E-state index in [1.807, 2.05) is 32.0 Å². The number of unbranched alkanes of at least 4 members (excludes halogenated alkanes) is 5. The van der Waals surface area contributed by atoms with Crippen molar-refractivity contribution in [3.05, 3.63) is 81.0 Å². The molecule has 1 fully saturated rings. The summed E-state index contributed by atoms with van der Waals surface area (Å²) in [4.78, 5) is 79.3. The summed E-state index contributed by atoms with van der Waals surface area (Å²) in [5.41, 5.74) is 6.19. The number of imidazole rings is 1. The van der Waals surface area contributed by atoms with E-state index in [0.29, 0.717) is 62.9 Å². The van der Waals surface area contributed by atoms with Gasteiger partial charge in [-0.05, 0) is 69.9 Å². The van der Waals surface area contributed by atoms with Crippen molar-refractivity contribution < 1.29 is 87.7 Å². The number of nitrogens with two attached hydrogens (primary N) is 1. The topological polar surface area (TPSA) is 409 Å². The van der Waals surface area contributed by atoms with Gasteiger partial charge in [0.15, 0.2) is 28.5 Å². The smallest absolute Gasteiger partial charge is 0.422 e. The summed E-state index contributed by atoms with van der Waals surface area (Å²) in [7, 11) is -21.3. The van der Waals surface area contributed by atoms with E-state index in [2.05, 4.69) is 42.8 Å². The van der Waals surface area contributed by atoms with E-state index in [9.17, 15) is 65.9 Å². The third kappa shape index (κ3) is 16.0. The first kappa shape index (κ1) is 58.2. The number of benzene rings is 1. The normalized spacial score (nSPS) is 19.7. The lowest BCUT2D eigenvalue weighted by Gasteiger charge is -2.20. The Labute approximate surface area is 422 Å². The van der Waals surface area contributed by atoms with Gasteiger partial charge in [-0.15, -0.1) is 0 Å². The molecule has 1 aromatic carbocycles. The Kier molecular flexibility index (Phi) is 19.8. The number of nitrogens with zero attached hydrogens (tertiary/aromatic N) is 5. The van der Waals surface area contributed by atoms with Crippen LogP contribution < -0.4 is 31.7 Å². The Balaban J connectivity index is 0.856. The van der Waals surface area contributed by atoms with Crippen LogP contribution in [0.15, 0.2) is 67.8 Å². The van der Waals surface area contributed by atoms with Crippen LogP contribution in [0.1, 0.15) is 82.7 Å². The van der Waals surface area contributed by atoms with Crippen LogP contribution in [0.25, 0.3) is 34.3 Å². The highest BCUT2D eigenvalue weighted by molar-refractivity contribution is 7.85. The number of hydrogen-bond donors (Lipinski definition) is 9. The van der Waals surface area contributed by atoms with E-state index in [1.165, 1.54) is 18.3 Å². The molecule has 3 unspecified atom stereocenters. The molecule has 1 amide bonds. The number of fused-ring (bicyclic) bond motifs is 2. The number of pyridine rings is 1. The number of hydrogen-bond acceptors (Lipinski definition) is 20. The second-order valence-electron chi connectivity index (χ2n) is 16.8. The molecular weight excluding hydrogens is 1060 g/mol. The van der Waals surface area contributed by atoms with Gasteiger partial charge in [0, 0.05) is 61.8 Å². The van der Waals surface area contributed by atoms with Gasteiger partial charge in [-0.3, -0.25) is 32.7 Å². The van der Waals surface area contributed by atoms with E-state index < -0.39 is 82.5 Å². The van der Waals surface area contributed by atoms with Crippen LogP contribution in [-0.2, 0) is 57.6 Å². The number of ether oxygens (including phenoxy) is 1. The van der Waals surface area contributed by atoms with Crippen LogP contribution in [-0.4, -0.2) is 114 Å². The van der Waals surface area contributed by atoms with E-state index in [-0.39, 0.29) is 46.3 Å². The van der Waals surface area contributed by atoms with E-state index >= 15 is 0 Å². The number of aliphatic hydroxyl groups excluding tert-OH is 2. The number of aromatic nitrogens is 5. The molecule has 10 N–H and O–H groups in total. The molecule has 1 aliphatic rings. The number of H-pyrrole nitrogens is 1. The second-order valence-corrected chi connectivity index (χ2v) is 22.8. The van der Waals surface area contributed by atoms with Crippen molar-refractivity contribution in [3.8, 4) is 0 Å². The third-order valence-electron chi connectivity index (χ3n) is 11.5. The lowest BCUT2D eigenvalue weighted by molar-refractivity contribution is -0.700. The number of anilines is 2. The number of carbonyl (C=O) groups excluding carboxylic acids is 1. The summed E-state index contributed by atoms with van der Waals surface area (Å²) in [5, 5.41) is 24.5. The van der Waals surface area contributed by atoms with Crippen molar-refractivity contribution in [1.82, 2.24) is 24.8 Å². The Morgan fingerprint density at radius 2 is 1.64 bits per heavy atom. The Morgan fingerprint density at radius 1 is 0.932 bits per heavy atom. The summed E-state index contributed by atoms with van der Waals surface area (Å²) < 4.78 is 102. The van der Waals surface area contributed by atoms with Gasteiger partial charge in [0.2, 0.25) is 17.5 Å². The molecule has 5 aromatic rings. The monoisotopic (exact) mass is 1120 g/mol. The predicted molar refractivity (Wildman–Crippen MR) is 263 cm³/mol. The van der Waals surface area contributed by atoms with Crippen LogP contribution in [0, 0.1) is 0 Å². The third-order valence-corrected chi connectivity index (χ3v) is 16.6. The molecule has 6 rings (SSSR count).